The summed E-state index contributed by atoms with van der Waals surface area (Å²) in [6.07, 6.45) is -0.584. The summed E-state index contributed by atoms with van der Waals surface area (Å²) in [5.41, 5.74) is -6.04. The third-order valence-corrected chi connectivity index (χ3v) is 5.59. The molecule has 16 heteroatoms. The van der Waals surface area contributed by atoms with E-state index in [4.69, 9.17) is 0 Å². The number of alkyl halides is 3. The number of esters is 4. The number of halogens is 3. The van der Waals surface area contributed by atoms with Gasteiger partial charge in [0.15, 0.2) is 5.75 Å². The van der Waals surface area contributed by atoms with Gasteiger partial charge in [-0.1, -0.05) is 24.3 Å². The molecule has 2 rings (SSSR count). The summed E-state index contributed by atoms with van der Waals surface area (Å²) >= 11 is 0. The second-order valence-corrected chi connectivity index (χ2v) is 8.61. The van der Waals surface area contributed by atoms with Crippen LogP contribution < -0.4 is 4.18 Å². The predicted octanol–water partition coefficient (Wildman–Crippen LogP) is 2.31. The molecule has 0 amide bonds. The molecule has 0 heterocycles. The fourth-order valence-corrected chi connectivity index (χ4v) is 3.29. The van der Waals surface area contributed by atoms with Crippen LogP contribution in [0.1, 0.15) is 31.8 Å². The van der Waals surface area contributed by atoms with E-state index in [0.717, 1.165) is 26.4 Å². The van der Waals surface area contributed by atoms with Gasteiger partial charge >= 0.3 is 39.5 Å². The molecule has 0 aliphatic heterocycles. The standard InChI is InChI=1S/C12H11F3O7S.C11H12O5/c1-20-9(16)6-7-4-3-5-8(10(7)11(17)21-2)22-23(18,19)12(13,14)15;1-15-9(13)6-7-4-3-5-8(12)10(7)11(14)16-2/h3-5H,6H2,1-2H3;3-5,12H,6H2,1-2H3. The van der Waals surface area contributed by atoms with Crippen LogP contribution in [0.15, 0.2) is 36.4 Å². The van der Waals surface area contributed by atoms with Gasteiger partial charge in [0.1, 0.15) is 16.9 Å². The van der Waals surface area contributed by atoms with E-state index >= 15 is 0 Å². The van der Waals surface area contributed by atoms with E-state index in [1.165, 1.54) is 26.4 Å². The molecule has 0 atom stereocenters. The highest BCUT2D eigenvalue weighted by Crippen LogP contribution is 2.31. The Morgan fingerprint density at radius 1 is 0.744 bits per heavy atom. The highest BCUT2D eigenvalue weighted by molar-refractivity contribution is 7.88. The first kappa shape index (κ1) is 32.7. The molecule has 0 spiro atoms. The first-order valence-corrected chi connectivity index (χ1v) is 11.8. The fraction of sp³-hybridized carbons (Fsp3) is 0.304. The molecule has 214 valence electrons. The molecule has 0 aliphatic carbocycles. The molecule has 2 aromatic carbocycles. The lowest BCUT2D eigenvalue weighted by atomic mass is 10.0. The number of methoxy groups -OCH3 is 4. The van der Waals surface area contributed by atoms with Crippen molar-refractivity contribution < 1.29 is 69.0 Å². The summed E-state index contributed by atoms with van der Waals surface area (Å²) < 4.78 is 81.1. The van der Waals surface area contributed by atoms with Gasteiger partial charge in [-0.3, -0.25) is 9.59 Å². The van der Waals surface area contributed by atoms with E-state index in [1.807, 2.05) is 0 Å². The van der Waals surface area contributed by atoms with E-state index in [0.29, 0.717) is 5.56 Å². The number of hydrogen-bond acceptors (Lipinski definition) is 12. The lowest BCUT2D eigenvalue weighted by Crippen LogP contribution is -2.29. The SMILES string of the molecule is COC(=O)Cc1cccc(O)c1C(=O)OC.COC(=O)Cc1cccc(OS(=O)(=O)C(F)(F)F)c1C(=O)OC. The second-order valence-electron chi connectivity index (χ2n) is 7.07. The highest BCUT2D eigenvalue weighted by atomic mass is 32.2. The van der Waals surface area contributed by atoms with Gasteiger partial charge in [-0.15, -0.1) is 0 Å². The Balaban J connectivity index is 0.000000416. The van der Waals surface area contributed by atoms with Crippen LogP contribution in [-0.2, 0) is 51.5 Å². The van der Waals surface area contributed by atoms with Crippen LogP contribution in [0.25, 0.3) is 0 Å². The molecule has 2 aromatic rings. The van der Waals surface area contributed by atoms with Crippen LogP contribution in [0.2, 0.25) is 0 Å². The number of carbonyl (C=O) groups excluding carboxylic acids is 4. The summed E-state index contributed by atoms with van der Waals surface area (Å²) in [4.78, 5) is 45.5. The third kappa shape index (κ3) is 8.87. The first-order valence-electron chi connectivity index (χ1n) is 10.4. The van der Waals surface area contributed by atoms with Crippen LogP contribution in [-0.4, -0.2) is 71.3 Å². The van der Waals surface area contributed by atoms with E-state index < -0.39 is 57.2 Å². The second kappa shape index (κ2) is 14.0. The molecule has 0 fully saturated rings. The van der Waals surface area contributed by atoms with Gasteiger partial charge in [-0.25, -0.2) is 9.59 Å². The number of phenolic OH excluding ortho intramolecular Hbond substituents is 1. The average Bonchev–Trinajstić information content (AvgIpc) is 2.87. The van der Waals surface area contributed by atoms with Gasteiger partial charge in [0.2, 0.25) is 0 Å². The van der Waals surface area contributed by atoms with E-state index in [1.54, 1.807) is 12.1 Å². The quantitative estimate of drug-likeness (QED) is 0.210. The Bertz CT molecular complexity index is 1320. The van der Waals surface area contributed by atoms with Crippen LogP contribution in [0, 0.1) is 0 Å². The predicted molar refractivity (Wildman–Crippen MR) is 124 cm³/mol. The van der Waals surface area contributed by atoms with Crippen LogP contribution in [0.5, 0.6) is 11.5 Å². The summed E-state index contributed by atoms with van der Waals surface area (Å²) in [7, 11) is -1.54. The Morgan fingerprint density at radius 2 is 1.18 bits per heavy atom. The molecular formula is C23H23F3O12S. The van der Waals surface area contributed by atoms with Crippen LogP contribution >= 0.6 is 0 Å². The number of hydrogen-bond donors (Lipinski definition) is 1. The highest BCUT2D eigenvalue weighted by Gasteiger charge is 2.49. The van der Waals surface area contributed by atoms with Gasteiger partial charge in [-0.05, 0) is 23.3 Å². The van der Waals surface area contributed by atoms with Crippen molar-refractivity contribution in [1.29, 1.82) is 0 Å². The molecule has 1 N–H and O–H groups in total. The number of rotatable bonds is 8. The van der Waals surface area contributed by atoms with Crippen LogP contribution in [0.3, 0.4) is 0 Å². The number of benzene rings is 2. The maximum Gasteiger partial charge on any atom is 0.534 e. The van der Waals surface area contributed by atoms with Crippen molar-refractivity contribution in [3.63, 3.8) is 0 Å². The van der Waals surface area contributed by atoms with Gasteiger partial charge in [0.05, 0.1) is 41.3 Å². The maximum atomic E-state index is 12.4. The van der Waals surface area contributed by atoms with Gasteiger partial charge in [0, 0.05) is 0 Å². The molecule has 0 saturated carbocycles. The average molecular weight is 580 g/mol. The van der Waals surface area contributed by atoms with Crippen molar-refractivity contribution in [2.24, 2.45) is 0 Å². The van der Waals surface area contributed by atoms with Crippen molar-refractivity contribution in [2.45, 2.75) is 18.3 Å². The van der Waals surface area contributed by atoms with Crippen molar-refractivity contribution in [1.82, 2.24) is 0 Å². The minimum Gasteiger partial charge on any atom is -0.507 e. The van der Waals surface area contributed by atoms with Gasteiger partial charge in [-0.2, -0.15) is 21.6 Å². The Labute approximate surface area is 220 Å². The third-order valence-electron chi connectivity index (χ3n) is 4.63. The Morgan fingerprint density at radius 3 is 1.62 bits per heavy atom. The summed E-state index contributed by atoms with van der Waals surface area (Å²) in [5, 5.41) is 9.53. The smallest absolute Gasteiger partial charge is 0.507 e. The van der Waals surface area contributed by atoms with E-state index in [-0.39, 0.29) is 23.3 Å². The fourth-order valence-electron chi connectivity index (χ4n) is 2.82. The van der Waals surface area contributed by atoms with Gasteiger partial charge < -0.3 is 28.2 Å². The number of ether oxygens (including phenoxy) is 4. The largest absolute Gasteiger partial charge is 0.534 e. The van der Waals surface area contributed by atoms with Crippen molar-refractivity contribution >= 4 is 34.0 Å². The molecule has 0 radical (unpaired) electrons. The van der Waals surface area contributed by atoms with Crippen molar-refractivity contribution in [3.8, 4) is 11.5 Å². The molecular weight excluding hydrogens is 557 g/mol. The molecule has 0 aliphatic rings. The first-order chi connectivity index (χ1) is 18.1. The van der Waals surface area contributed by atoms with E-state index in [9.17, 15) is 45.9 Å². The topological polar surface area (TPSA) is 169 Å². The zero-order valence-electron chi connectivity index (χ0n) is 20.9. The molecule has 0 aromatic heterocycles. The Kier molecular flexibility index (Phi) is 11.7. The Hall–Kier alpha value is -4.34. The normalized spacial score (nSPS) is 10.8. The lowest BCUT2D eigenvalue weighted by molar-refractivity contribution is -0.140. The molecule has 0 saturated heterocycles. The summed E-state index contributed by atoms with van der Waals surface area (Å²) in [6, 6.07) is 7.62. The molecule has 39 heavy (non-hydrogen) atoms. The van der Waals surface area contributed by atoms with E-state index in [2.05, 4.69) is 23.1 Å². The van der Waals surface area contributed by atoms with Crippen molar-refractivity contribution in [2.75, 3.05) is 28.4 Å². The lowest BCUT2D eigenvalue weighted by Gasteiger charge is -2.14. The molecule has 0 unspecified atom stereocenters. The van der Waals surface area contributed by atoms with Crippen LogP contribution in [0.4, 0.5) is 13.2 Å². The summed E-state index contributed by atoms with van der Waals surface area (Å²) in [6.45, 7) is 0. The number of phenols is 1. The molecule has 0 bridgehead atoms. The number of carbonyl (C=O) groups is 4. The van der Waals surface area contributed by atoms with Gasteiger partial charge in [0.25, 0.3) is 0 Å². The maximum absolute atomic E-state index is 12.4. The summed E-state index contributed by atoms with van der Waals surface area (Å²) in [5.74, 6) is -4.26. The molecule has 12 nitrogen and oxygen atoms in total. The number of aromatic hydroxyl groups is 1. The zero-order chi connectivity index (χ0) is 30.0. The van der Waals surface area contributed by atoms with Crippen molar-refractivity contribution in [3.05, 3.63) is 58.7 Å². The zero-order valence-corrected chi connectivity index (χ0v) is 21.7. The minimum absolute atomic E-state index is 0.00426. The monoisotopic (exact) mass is 580 g/mol. The minimum atomic E-state index is -5.99.